The molecule has 1 fully saturated rings. The van der Waals surface area contributed by atoms with Gasteiger partial charge < -0.3 is 19.9 Å². The molecular formula is C12H13FN5O4P. The third kappa shape index (κ3) is 2.92. The van der Waals surface area contributed by atoms with Gasteiger partial charge in [0.1, 0.15) is 6.23 Å². The standard InChI is InChI=1S/C12H13FN5O4P/c1-2-12(5-21-23(19)20)4-3-7(22-12)18-6-15-8-9(14)16-11(13)17-10(8)18/h1,6-7,23H,3-5H2,(H,19,20)(H2,14,16,17)/t7-,12+/m1/s1. The van der Waals surface area contributed by atoms with Gasteiger partial charge in [0.25, 0.3) is 0 Å². The smallest absolute Gasteiger partial charge is 0.316 e. The lowest BCUT2D eigenvalue weighted by atomic mass is 10.0. The summed E-state index contributed by atoms with van der Waals surface area (Å²) in [5.41, 5.74) is 4.91. The van der Waals surface area contributed by atoms with E-state index in [1.54, 1.807) is 0 Å². The molecule has 23 heavy (non-hydrogen) atoms. The van der Waals surface area contributed by atoms with Crippen LogP contribution in [-0.2, 0) is 13.8 Å². The largest absolute Gasteiger partial charge is 0.382 e. The predicted octanol–water partition coefficient (Wildman–Crippen LogP) is 0.627. The lowest BCUT2D eigenvalue weighted by molar-refractivity contribution is -0.0570. The highest BCUT2D eigenvalue weighted by molar-refractivity contribution is 7.32. The molecule has 1 aliphatic rings. The van der Waals surface area contributed by atoms with E-state index in [1.165, 1.54) is 10.9 Å². The van der Waals surface area contributed by atoms with E-state index >= 15 is 0 Å². The summed E-state index contributed by atoms with van der Waals surface area (Å²) < 4.78 is 36.1. The van der Waals surface area contributed by atoms with Crippen LogP contribution in [0.3, 0.4) is 0 Å². The van der Waals surface area contributed by atoms with Gasteiger partial charge in [-0.3, -0.25) is 9.13 Å². The van der Waals surface area contributed by atoms with E-state index in [9.17, 15) is 8.96 Å². The van der Waals surface area contributed by atoms with Crippen LogP contribution in [0.25, 0.3) is 11.2 Å². The van der Waals surface area contributed by atoms with E-state index in [1.807, 2.05) is 0 Å². The fourth-order valence-corrected chi connectivity index (χ4v) is 2.84. The molecule has 0 spiro atoms. The predicted molar refractivity (Wildman–Crippen MR) is 77.8 cm³/mol. The zero-order chi connectivity index (χ0) is 16.6. The summed E-state index contributed by atoms with van der Waals surface area (Å²) in [5.74, 6) is 2.37. The molecule has 3 N–H and O–H groups in total. The van der Waals surface area contributed by atoms with E-state index in [0.717, 1.165) is 0 Å². The minimum absolute atomic E-state index is 0.0744. The van der Waals surface area contributed by atoms with Crippen LogP contribution in [0.4, 0.5) is 10.2 Å². The van der Waals surface area contributed by atoms with Crippen molar-refractivity contribution in [1.82, 2.24) is 19.5 Å². The quantitative estimate of drug-likeness (QED) is 0.471. The fraction of sp³-hybridized carbons (Fsp3) is 0.417. The minimum atomic E-state index is -3.12. The summed E-state index contributed by atoms with van der Waals surface area (Å²) in [6, 6.07) is 0. The number of hydrogen-bond donors (Lipinski definition) is 2. The molecule has 0 aliphatic carbocycles. The molecule has 0 radical (unpaired) electrons. The molecule has 3 atom stereocenters. The summed E-state index contributed by atoms with van der Waals surface area (Å²) in [5, 5.41) is 0. The van der Waals surface area contributed by atoms with Gasteiger partial charge in [0.05, 0.1) is 12.9 Å². The first-order chi connectivity index (χ1) is 10.9. The molecule has 3 rings (SSSR count). The Balaban J connectivity index is 1.90. The first-order valence-electron chi connectivity index (χ1n) is 6.61. The van der Waals surface area contributed by atoms with Crippen LogP contribution >= 0.6 is 8.25 Å². The number of nitrogen functional groups attached to an aromatic ring is 1. The zero-order valence-electron chi connectivity index (χ0n) is 11.8. The maximum atomic E-state index is 13.4. The van der Waals surface area contributed by atoms with Gasteiger partial charge in [-0.25, -0.2) is 4.98 Å². The molecule has 0 saturated carbocycles. The van der Waals surface area contributed by atoms with Crippen LogP contribution in [0.1, 0.15) is 19.1 Å². The number of nitrogens with two attached hydrogens (primary N) is 1. The van der Waals surface area contributed by atoms with Crippen LogP contribution < -0.4 is 5.73 Å². The number of anilines is 1. The van der Waals surface area contributed by atoms with Gasteiger partial charge in [-0.1, -0.05) is 5.92 Å². The molecule has 1 saturated heterocycles. The van der Waals surface area contributed by atoms with Gasteiger partial charge in [0.2, 0.25) is 0 Å². The summed E-state index contributed by atoms with van der Waals surface area (Å²) >= 11 is 0. The Labute approximate surface area is 130 Å². The second-order valence-electron chi connectivity index (χ2n) is 5.01. The topological polar surface area (TPSA) is 125 Å². The molecule has 2 aromatic heterocycles. The summed E-state index contributed by atoms with van der Waals surface area (Å²) in [4.78, 5) is 19.9. The van der Waals surface area contributed by atoms with Crippen LogP contribution in [0.15, 0.2) is 6.33 Å². The van der Waals surface area contributed by atoms with Crippen molar-refractivity contribution in [2.75, 3.05) is 12.3 Å². The van der Waals surface area contributed by atoms with E-state index < -0.39 is 26.2 Å². The lowest BCUT2D eigenvalue weighted by Crippen LogP contribution is -2.31. The number of fused-ring (bicyclic) bond motifs is 1. The minimum Gasteiger partial charge on any atom is -0.382 e. The molecule has 11 heteroatoms. The van der Waals surface area contributed by atoms with E-state index in [0.29, 0.717) is 12.8 Å². The first-order valence-corrected chi connectivity index (χ1v) is 7.87. The Bertz CT molecular complexity index is 822. The zero-order valence-corrected chi connectivity index (χ0v) is 12.8. The van der Waals surface area contributed by atoms with Crippen molar-refractivity contribution in [3.05, 3.63) is 12.4 Å². The molecular weight excluding hydrogens is 328 g/mol. The van der Waals surface area contributed by atoms with Crippen molar-refractivity contribution >= 4 is 25.2 Å². The molecule has 2 aromatic rings. The third-order valence-electron chi connectivity index (χ3n) is 3.58. The van der Waals surface area contributed by atoms with Crippen molar-refractivity contribution in [1.29, 1.82) is 0 Å². The van der Waals surface area contributed by atoms with Crippen molar-refractivity contribution in [3.8, 4) is 12.3 Å². The monoisotopic (exact) mass is 341 g/mol. The van der Waals surface area contributed by atoms with Gasteiger partial charge in [0.15, 0.2) is 22.6 Å². The average molecular weight is 341 g/mol. The Kier molecular flexibility index (Phi) is 4.04. The number of ether oxygens (including phenoxy) is 1. The normalized spacial score (nSPS) is 25.5. The molecule has 0 aromatic carbocycles. The number of nitrogens with zero attached hydrogens (tertiary/aromatic N) is 4. The van der Waals surface area contributed by atoms with Gasteiger partial charge in [0, 0.05) is 0 Å². The SMILES string of the molecule is C#C[C@@]1(CO[PH](=O)O)CC[C@H](n2cnc3c(N)nc(F)nc32)O1. The number of hydrogen-bond acceptors (Lipinski definition) is 7. The molecule has 0 amide bonds. The molecule has 3 heterocycles. The van der Waals surface area contributed by atoms with Gasteiger partial charge in [-0.2, -0.15) is 14.4 Å². The average Bonchev–Trinajstić information content (AvgIpc) is 3.09. The summed E-state index contributed by atoms with van der Waals surface area (Å²) in [7, 11) is -3.12. The van der Waals surface area contributed by atoms with E-state index in [2.05, 4.69) is 20.9 Å². The van der Waals surface area contributed by atoms with Crippen LogP contribution in [-0.4, -0.2) is 36.6 Å². The Morgan fingerprint density at radius 3 is 3.17 bits per heavy atom. The highest BCUT2D eigenvalue weighted by atomic mass is 31.1. The number of halogens is 1. The Hall–Kier alpha value is -2.05. The third-order valence-corrected chi connectivity index (χ3v) is 3.97. The Morgan fingerprint density at radius 1 is 1.70 bits per heavy atom. The van der Waals surface area contributed by atoms with E-state index in [4.69, 9.17) is 26.3 Å². The molecule has 122 valence electrons. The van der Waals surface area contributed by atoms with Crippen molar-refractivity contribution in [3.63, 3.8) is 0 Å². The van der Waals surface area contributed by atoms with E-state index in [-0.39, 0.29) is 23.6 Å². The van der Waals surface area contributed by atoms with Crippen LogP contribution in [0, 0.1) is 18.4 Å². The van der Waals surface area contributed by atoms with Crippen LogP contribution in [0.5, 0.6) is 0 Å². The van der Waals surface area contributed by atoms with Crippen molar-refractivity contribution in [2.45, 2.75) is 24.7 Å². The van der Waals surface area contributed by atoms with Crippen LogP contribution in [0.2, 0.25) is 0 Å². The summed E-state index contributed by atoms with van der Waals surface area (Å²) in [6.07, 6.45) is 6.20. The number of terminal acetylenes is 1. The number of rotatable bonds is 4. The van der Waals surface area contributed by atoms with Crippen molar-refractivity contribution < 1.29 is 23.1 Å². The molecule has 1 aliphatic heterocycles. The lowest BCUT2D eigenvalue weighted by Gasteiger charge is -2.23. The Morgan fingerprint density at radius 2 is 2.48 bits per heavy atom. The number of imidazole rings is 1. The van der Waals surface area contributed by atoms with Gasteiger partial charge in [-0.15, -0.1) is 6.42 Å². The fourth-order valence-electron chi connectivity index (χ4n) is 2.48. The van der Waals surface area contributed by atoms with Crippen molar-refractivity contribution in [2.24, 2.45) is 0 Å². The molecule has 1 unspecified atom stereocenters. The highest BCUT2D eigenvalue weighted by Gasteiger charge is 2.41. The summed E-state index contributed by atoms with van der Waals surface area (Å²) in [6.45, 7) is -0.216. The molecule has 0 bridgehead atoms. The second-order valence-corrected chi connectivity index (χ2v) is 5.83. The van der Waals surface area contributed by atoms with Gasteiger partial charge in [-0.05, 0) is 12.8 Å². The maximum absolute atomic E-state index is 13.4. The highest BCUT2D eigenvalue weighted by Crippen LogP contribution is 2.39. The molecule has 9 nitrogen and oxygen atoms in total. The van der Waals surface area contributed by atoms with Gasteiger partial charge >= 0.3 is 14.3 Å². The second kappa shape index (κ2) is 5.86. The first kappa shape index (κ1) is 15.8. The number of aromatic nitrogens is 4. The maximum Gasteiger partial charge on any atom is 0.316 e.